The van der Waals surface area contributed by atoms with Gasteiger partial charge in [-0.05, 0) is 54.0 Å². The molecule has 0 saturated heterocycles. The number of hydrogen-bond donors (Lipinski definition) is 1. The molecule has 0 radical (unpaired) electrons. The SMILES string of the molecule is Fc1cnc(N2CCc3c([nH]c4cc(F)c(Cl)cc34)C2c2ccc(C3CC3)cc2)nc1. The minimum atomic E-state index is -0.470. The van der Waals surface area contributed by atoms with Crippen LogP contribution >= 0.6 is 11.6 Å². The first-order valence-electron chi connectivity index (χ1n) is 10.4. The summed E-state index contributed by atoms with van der Waals surface area (Å²) >= 11 is 6.08. The number of nitrogens with zero attached hydrogens (tertiary/aromatic N) is 3. The third kappa shape index (κ3) is 3.17. The molecule has 1 fully saturated rings. The number of hydrogen-bond acceptors (Lipinski definition) is 3. The van der Waals surface area contributed by atoms with Gasteiger partial charge in [-0.15, -0.1) is 0 Å². The summed E-state index contributed by atoms with van der Waals surface area (Å²) in [6.45, 7) is 0.648. The standard InChI is InChI=1S/C24H19ClF2N4/c25-19-9-18-17-7-8-31(24-28-11-16(26)12-29-24)23(22(17)30-21(18)10-20(19)27)15-5-3-14(4-6-15)13-1-2-13/h3-6,9-13,23,30H,1-2,7-8H2. The smallest absolute Gasteiger partial charge is 0.226 e. The zero-order valence-electron chi connectivity index (χ0n) is 16.6. The predicted octanol–water partition coefficient (Wildman–Crippen LogP) is 5.92. The largest absolute Gasteiger partial charge is 0.356 e. The van der Waals surface area contributed by atoms with Crippen LogP contribution in [0.25, 0.3) is 10.9 Å². The zero-order valence-corrected chi connectivity index (χ0v) is 17.3. The van der Waals surface area contributed by atoms with Crippen molar-refractivity contribution in [3.05, 3.63) is 87.8 Å². The Morgan fingerprint density at radius 3 is 2.42 bits per heavy atom. The Bertz CT molecular complexity index is 1280. The summed E-state index contributed by atoms with van der Waals surface area (Å²) in [5.74, 6) is 0.219. The van der Waals surface area contributed by atoms with Gasteiger partial charge in [0.25, 0.3) is 0 Å². The van der Waals surface area contributed by atoms with Crippen molar-refractivity contribution in [2.24, 2.45) is 0 Å². The predicted molar refractivity (Wildman–Crippen MR) is 117 cm³/mol. The fourth-order valence-corrected chi connectivity index (χ4v) is 4.83. The Labute approximate surface area is 182 Å². The first-order valence-corrected chi connectivity index (χ1v) is 10.8. The van der Waals surface area contributed by atoms with Crippen molar-refractivity contribution in [2.75, 3.05) is 11.4 Å². The van der Waals surface area contributed by atoms with E-state index in [1.165, 1.54) is 36.9 Å². The van der Waals surface area contributed by atoms with E-state index in [4.69, 9.17) is 11.6 Å². The molecular weight excluding hydrogens is 418 g/mol. The van der Waals surface area contributed by atoms with Crippen LogP contribution in [0.5, 0.6) is 0 Å². The third-order valence-corrected chi connectivity index (χ3v) is 6.62. The van der Waals surface area contributed by atoms with Gasteiger partial charge in [0.05, 0.1) is 23.5 Å². The van der Waals surface area contributed by atoms with Crippen LogP contribution in [0.1, 0.15) is 47.2 Å². The van der Waals surface area contributed by atoms with E-state index >= 15 is 0 Å². The van der Waals surface area contributed by atoms with Gasteiger partial charge in [-0.25, -0.2) is 18.7 Å². The molecule has 1 aliphatic carbocycles. The lowest BCUT2D eigenvalue weighted by molar-refractivity contribution is 0.596. The van der Waals surface area contributed by atoms with Crippen LogP contribution in [0.15, 0.2) is 48.8 Å². The lowest BCUT2D eigenvalue weighted by atomic mass is 9.92. The minimum Gasteiger partial charge on any atom is -0.356 e. The van der Waals surface area contributed by atoms with Gasteiger partial charge in [0, 0.05) is 23.1 Å². The van der Waals surface area contributed by atoms with Gasteiger partial charge >= 0.3 is 0 Å². The molecule has 0 bridgehead atoms. The van der Waals surface area contributed by atoms with Crippen LogP contribution in [-0.4, -0.2) is 21.5 Å². The Morgan fingerprint density at radius 2 is 1.71 bits per heavy atom. The molecule has 0 spiro atoms. The van der Waals surface area contributed by atoms with Gasteiger partial charge in [-0.3, -0.25) is 0 Å². The minimum absolute atomic E-state index is 0.115. The molecule has 6 rings (SSSR count). The monoisotopic (exact) mass is 436 g/mol. The number of benzene rings is 2. The Hall–Kier alpha value is -2.99. The Balaban J connectivity index is 1.51. The Kier molecular flexibility index (Phi) is 4.25. The van der Waals surface area contributed by atoms with Crippen LogP contribution in [0, 0.1) is 11.6 Å². The molecule has 7 heteroatoms. The summed E-state index contributed by atoms with van der Waals surface area (Å²) in [6, 6.07) is 11.6. The average Bonchev–Trinajstić information content (AvgIpc) is 3.57. The number of halogens is 3. The normalized spacial score (nSPS) is 18.4. The fraction of sp³-hybridized carbons (Fsp3) is 0.250. The van der Waals surface area contributed by atoms with Crippen LogP contribution in [0.3, 0.4) is 0 Å². The number of aromatic nitrogens is 3. The maximum atomic E-state index is 14.1. The van der Waals surface area contributed by atoms with Gasteiger partial charge in [0.15, 0.2) is 5.82 Å². The Morgan fingerprint density at radius 1 is 1.00 bits per heavy atom. The number of nitrogens with one attached hydrogen (secondary N) is 1. The molecule has 31 heavy (non-hydrogen) atoms. The van der Waals surface area contributed by atoms with Crippen molar-refractivity contribution in [3.63, 3.8) is 0 Å². The van der Waals surface area contributed by atoms with E-state index in [1.54, 1.807) is 6.07 Å². The second-order valence-electron chi connectivity index (χ2n) is 8.32. The lowest BCUT2D eigenvalue weighted by Gasteiger charge is -2.36. The highest BCUT2D eigenvalue weighted by molar-refractivity contribution is 6.31. The molecule has 2 aromatic heterocycles. The summed E-state index contributed by atoms with van der Waals surface area (Å²) in [7, 11) is 0. The molecule has 1 saturated carbocycles. The van der Waals surface area contributed by atoms with Gasteiger partial charge in [-0.1, -0.05) is 35.9 Å². The quantitative estimate of drug-likeness (QED) is 0.433. The first kappa shape index (κ1) is 18.8. The second-order valence-corrected chi connectivity index (χ2v) is 8.72. The van der Waals surface area contributed by atoms with Crippen molar-refractivity contribution in [3.8, 4) is 0 Å². The molecule has 2 aliphatic rings. The van der Waals surface area contributed by atoms with Crippen molar-refractivity contribution in [2.45, 2.75) is 31.2 Å². The number of fused-ring (bicyclic) bond motifs is 3. The molecule has 2 aromatic carbocycles. The van der Waals surface area contributed by atoms with E-state index < -0.39 is 11.6 Å². The number of anilines is 1. The molecule has 4 aromatic rings. The van der Waals surface area contributed by atoms with Crippen molar-refractivity contribution in [1.82, 2.24) is 15.0 Å². The topological polar surface area (TPSA) is 44.8 Å². The maximum absolute atomic E-state index is 14.1. The number of H-pyrrole nitrogens is 1. The van der Waals surface area contributed by atoms with E-state index in [-0.39, 0.29) is 11.1 Å². The number of rotatable bonds is 3. The molecule has 4 nitrogen and oxygen atoms in total. The number of aromatic amines is 1. The van der Waals surface area contributed by atoms with Crippen molar-refractivity contribution in [1.29, 1.82) is 0 Å². The van der Waals surface area contributed by atoms with E-state index in [9.17, 15) is 8.78 Å². The molecule has 1 aliphatic heterocycles. The summed E-state index contributed by atoms with van der Waals surface area (Å²) in [4.78, 5) is 14.0. The molecule has 1 N–H and O–H groups in total. The van der Waals surface area contributed by atoms with E-state index in [2.05, 4.69) is 44.1 Å². The van der Waals surface area contributed by atoms with E-state index in [0.29, 0.717) is 30.3 Å². The first-order chi connectivity index (χ1) is 15.1. The highest BCUT2D eigenvalue weighted by atomic mass is 35.5. The molecule has 1 unspecified atom stereocenters. The van der Waals surface area contributed by atoms with E-state index in [1.807, 2.05) is 0 Å². The highest BCUT2D eigenvalue weighted by Crippen LogP contribution is 2.43. The molecule has 156 valence electrons. The van der Waals surface area contributed by atoms with Crippen LogP contribution in [0.4, 0.5) is 14.7 Å². The van der Waals surface area contributed by atoms with Crippen molar-refractivity contribution >= 4 is 28.5 Å². The summed E-state index contributed by atoms with van der Waals surface area (Å²) < 4.78 is 27.6. The summed E-state index contributed by atoms with van der Waals surface area (Å²) in [6.07, 6.45) is 5.58. The van der Waals surface area contributed by atoms with Gasteiger partial charge in [0.1, 0.15) is 5.82 Å². The lowest BCUT2D eigenvalue weighted by Crippen LogP contribution is -2.37. The summed E-state index contributed by atoms with van der Waals surface area (Å²) in [5, 5.41) is 1.05. The highest BCUT2D eigenvalue weighted by Gasteiger charge is 2.34. The van der Waals surface area contributed by atoms with Crippen LogP contribution < -0.4 is 4.90 Å². The molecular formula is C24H19ClF2N4. The average molecular weight is 437 g/mol. The van der Waals surface area contributed by atoms with Gasteiger partial charge < -0.3 is 9.88 Å². The van der Waals surface area contributed by atoms with Crippen LogP contribution in [-0.2, 0) is 6.42 Å². The summed E-state index contributed by atoms with van der Waals surface area (Å²) in [5.41, 5.74) is 5.24. The second kappa shape index (κ2) is 7.02. The maximum Gasteiger partial charge on any atom is 0.226 e. The zero-order chi connectivity index (χ0) is 21.1. The van der Waals surface area contributed by atoms with Crippen LogP contribution in [0.2, 0.25) is 5.02 Å². The van der Waals surface area contributed by atoms with E-state index in [0.717, 1.165) is 22.2 Å². The van der Waals surface area contributed by atoms with Gasteiger partial charge in [-0.2, -0.15) is 0 Å². The van der Waals surface area contributed by atoms with Crippen molar-refractivity contribution < 1.29 is 8.78 Å². The molecule has 1 atom stereocenters. The third-order valence-electron chi connectivity index (χ3n) is 6.33. The fourth-order valence-electron chi connectivity index (χ4n) is 4.67. The van der Waals surface area contributed by atoms with Gasteiger partial charge in [0.2, 0.25) is 5.95 Å². The molecule has 0 amide bonds. The molecule has 3 heterocycles.